The summed E-state index contributed by atoms with van der Waals surface area (Å²) in [7, 11) is 0. The molecule has 0 radical (unpaired) electrons. The Hall–Kier alpha value is -0.690. The second-order valence-electron chi connectivity index (χ2n) is 3.83. The molecule has 0 N–H and O–H groups in total. The molecule has 0 bridgehead atoms. The van der Waals surface area contributed by atoms with Crippen molar-refractivity contribution in [3.8, 4) is 0 Å². The molecule has 0 saturated carbocycles. The lowest BCUT2D eigenvalue weighted by Crippen LogP contribution is -2.18. The van der Waals surface area contributed by atoms with E-state index in [9.17, 15) is 0 Å². The second kappa shape index (κ2) is 4.22. The SMILES string of the molecule is CCc1ccc(Cl)c(N2CCCC2)c1. The number of hydrogen-bond acceptors (Lipinski definition) is 1. The van der Waals surface area contributed by atoms with Gasteiger partial charge in [0.15, 0.2) is 0 Å². The highest BCUT2D eigenvalue weighted by Crippen LogP contribution is 2.29. The number of aryl methyl sites for hydroxylation is 1. The highest BCUT2D eigenvalue weighted by atomic mass is 35.5. The third kappa shape index (κ3) is 1.88. The summed E-state index contributed by atoms with van der Waals surface area (Å²) in [6, 6.07) is 6.36. The van der Waals surface area contributed by atoms with Gasteiger partial charge in [-0.3, -0.25) is 0 Å². The van der Waals surface area contributed by atoms with Gasteiger partial charge in [0.1, 0.15) is 0 Å². The maximum atomic E-state index is 6.19. The molecule has 0 aromatic heterocycles. The highest BCUT2D eigenvalue weighted by Gasteiger charge is 2.14. The summed E-state index contributed by atoms with van der Waals surface area (Å²) in [4.78, 5) is 2.39. The van der Waals surface area contributed by atoms with Gasteiger partial charge in [0.25, 0.3) is 0 Å². The van der Waals surface area contributed by atoms with Gasteiger partial charge in [0, 0.05) is 13.1 Å². The van der Waals surface area contributed by atoms with Crippen LogP contribution in [0.3, 0.4) is 0 Å². The van der Waals surface area contributed by atoms with Gasteiger partial charge in [-0.15, -0.1) is 0 Å². The summed E-state index contributed by atoms with van der Waals surface area (Å²) in [5.74, 6) is 0. The second-order valence-corrected chi connectivity index (χ2v) is 4.24. The lowest BCUT2D eigenvalue weighted by atomic mass is 10.1. The Morgan fingerprint density at radius 3 is 2.64 bits per heavy atom. The Bertz CT molecular complexity index is 316. The van der Waals surface area contributed by atoms with E-state index in [1.165, 1.54) is 24.1 Å². The van der Waals surface area contributed by atoms with Crippen LogP contribution in [-0.2, 0) is 6.42 Å². The summed E-state index contributed by atoms with van der Waals surface area (Å²) in [5, 5.41) is 0.893. The minimum atomic E-state index is 0.893. The van der Waals surface area contributed by atoms with E-state index in [1.54, 1.807) is 0 Å². The smallest absolute Gasteiger partial charge is 0.0639 e. The van der Waals surface area contributed by atoms with E-state index in [4.69, 9.17) is 11.6 Å². The normalized spacial score (nSPS) is 16.3. The fourth-order valence-corrected chi connectivity index (χ4v) is 2.22. The molecule has 0 unspecified atom stereocenters. The van der Waals surface area contributed by atoms with Crippen LogP contribution in [0.2, 0.25) is 5.02 Å². The topological polar surface area (TPSA) is 3.24 Å². The molecule has 1 aliphatic rings. The van der Waals surface area contributed by atoms with E-state index in [1.807, 2.05) is 6.07 Å². The Kier molecular flexibility index (Phi) is 2.97. The van der Waals surface area contributed by atoms with E-state index < -0.39 is 0 Å². The van der Waals surface area contributed by atoms with Crippen molar-refractivity contribution < 1.29 is 0 Å². The van der Waals surface area contributed by atoms with Crippen molar-refractivity contribution in [3.05, 3.63) is 28.8 Å². The zero-order valence-corrected chi connectivity index (χ0v) is 9.35. The maximum absolute atomic E-state index is 6.19. The first-order valence-electron chi connectivity index (χ1n) is 5.34. The largest absolute Gasteiger partial charge is 0.370 e. The molecule has 14 heavy (non-hydrogen) atoms. The van der Waals surface area contributed by atoms with Gasteiger partial charge < -0.3 is 4.90 Å². The molecule has 0 aliphatic carbocycles. The van der Waals surface area contributed by atoms with E-state index in [-0.39, 0.29) is 0 Å². The Balaban J connectivity index is 2.29. The molecule has 76 valence electrons. The minimum absolute atomic E-state index is 0.893. The Morgan fingerprint density at radius 2 is 2.00 bits per heavy atom. The summed E-state index contributed by atoms with van der Waals surface area (Å²) >= 11 is 6.19. The molecule has 1 aromatic carbocycles. The van der Waals surface area contributed by atoms with Crippen LogP contribution >= 0.6 is 11.6 Å². The number of benzene rings is 1. The average molecular weight is 210 g/mol. The maximum Gasteiger partial charge on any atom is 0.0639 e. The van der Waals surface area contributed by atoms with Crippen LogP contribution in [0.25, 0.3) is 0 Å². The molecule has 0 spiro atoms. The quantitative estimate of drug-likeness (QED) is 0.721. The fraction of sp³-hybridized carbons (Fsp3) is 0.500. The summed E-state index contributed by atoms with van der Waals surface area (Å²) < 4.78 is 0. The van der Waals surface area contributed by atoms with Crippen LogP contribution in [0.5, 0.6) is 0 Å². The van der Waals surface area contributed by atoms with Crippen LogP contribution in [-0.4, -0.2) is 13.1 Å². The fourth-order valence-electron chi connectivity index (χ4n) is 1.98. The van der Waals surface area contributed by atoms with E-state index >= 15 is 0 Å². The summed E-state index contributed by atoms with van der Waals surface area (Å²) in [5.41, 5.74) is 2.60. The van der Waals surface area contributed by atoms with E-state index in [0.717, 1.165) is 24.5 Å². The zero-order valence-electron chi connectivity index (χ0n) is 8.59. The van der Waals surface area contributed by atoms with Gasteiger partial charge in [-0.25, -0.2) is 0 Å². The highest BCUT2D eigenvalue weighted by molar-refractivity contribution is 6.33. The zero-order chi connectivity index (χ0) is 9.97. The standard InChI is InChI=1S/C12H16ClN/c1-2-10-5-6-11(13)12(9-10)14-7-3-4-8-14/h5-6,9H,2-4,7-8H2,1H3. The van der Waals surface area contributed by atoms with Crippen molar-refractivity contribution in [2.24, 2.45) is 0 Å². The number of halogens is 1. The van der Waals surface area contributed by atoms with Crippen LogP contribution in [0.1, 0.15) is 25.3 Å². The first-order chi connectivity index (χ1) is 6.81. The predicted octanol–water partition coefficient (Wildman–Crippen LogP) is 3.50. The number of hydrogen-bond donors (Lipinski definition) is 0. The van der Waals surface area contributed by atoms with Gasteiger partial charge in [0.2, 0.25) is 0 Å². The van der Waals surface area contributed by atoms with Crippen molar-refractivity contribution in [1.29, 1.82) is 0 Å². The molecule has 1 saturated heterocycles. The third-order valence-corrected chi connectivity index (χ3v) is 3.19. The third-order valence-electron chi connectivity index (χ3n) is 2.87. The molecular weight excluding hydrogens is 194 g/mol. The van der Waals surface area contributed by atoms with E-state index in [0.29, 0.717) is 0 Å². The Labute approximate surface area is 90.7 Å². The first-order valence-corrected chi connectivity index (χ1v) is 5.72. The van der Waals surface area contributed by atoms with Crippen molar-refractivity contribution in [2.45, 2.75) is 26.2 Å². The molecule has 2 heteroatoms. The molecular formula is C12H16ClN. The van der Waals surface area contributed by atoms with Crippen LogP contribution in [0.15, 0.2) is 18.2 Å². The molecule has 1 fully saturated rings. The number of anilines is 1. The predicted molar refractivity (Wildman–Crippen MR) is 62.3 cm³/mol. The van der Waals surface area contributed by atoms with Gasteiger partial charge in [-0.1, -0.05) is 24.6 Å². The van der Waals surface area contributed by atoms with Gasteiger partial charge in [0.05, 0.1) is 10.7 Å². The summed E-state index contributed by atoms with van der Waals surface area (Å²) in [6.07, 6.45) is 3.68. The molecule has 1 heterocycles. The van der Waals surface area contributed by atoms with Crippen LogP contribution in [0.4, 0.5) is 5.69 Å². The molecule has 0 amide bonds. The first kappa shape index (κ1) is 9.85. The molecule has 0 atom stereocenters. The molecule has 1 nitrogen and oxygen atoms in total. The van der Waals surface area contributed by atoms with Crippen molar-refractivity contribution >= 4 is 17.3 Å². The van der Waals surface area contributed by atoms with Crippen molar-refractivity contribution in [2.75, 3.05) is 18.0 Å². The van der Waals surface area contributed by atoms with Gasteiger partial charge in [-0.05, 0) is 37.0 Å². The monoisotopic (exact) mass is 209 g/mol. The van der Waals surface area contributed by atoms with Crippen molar-refractivity contribution in [3.63, 3.8) is 0 Å². The lowest BCUT2D eigenvalue weighted by molar-refractivity contribution is 0.949. The molecule has 1 aliphatic heterocycles. The van der Waals surface area contributed by atoms with Gasteiger partial charge in [-0.2, -0.15) is 0 Å². The molecule has 2 rings (SSSR count). The molecule has 1 aromatic rings. The van der Waals surface area contributed by atoms with Crippen LogP contribution in [0, 0.1) is 0 Å². The Morgan fingerprint density at radius 1 is 1.29 bits per heavy atom. The lowest BCUT2D eigenvalue weighted by Gasteiger charge is -2.19. The summed E-state index contributed by atoms with van der Waals surface area (Å²) in [6.45, 7) is 4.50. The number of nitrogens with zero attached hydrogens (tertiary/aromatic N) is 1. The van der Waals surface area contributed by atoms with Crippen molar-refractivity contribution in [1.82, 2.24) is 0 Å². The van der Waals surface area contributed by atoms with E-state index in [2.05, 4.69) is 24.0 Å². The number of rotatable bonds is 2. The average Bonchev–Trinajstić information content (AvgIpc) is 2.71. The van der Waals surface area contributed by atoms with Gasteiger partial charge >= 0.3 is 0 Å². The van der Waals surface area contributed by atoms with Crippen LogP contribution < -0.4 is 4.90 Å². The minimum Gasteiger partial charge on any atom is -0.370 e.